The van der Waals surface area contributed by atoms with Crippen LogP contribution in [0.25, 0.3) is 0 Å². The first-order valence-corrected chi connectivity index (χ1v) is 5.60. The quantitative estimate of drug-likeness (QED) is 0.695. The molecule has 1 unspecified atom stereocenters. The number of hydrogen-bond donors (Lipinski definition) is 1. The molecule has 1 aliphatic rings. The van der Waals surface area contributed by atoms with E-state index in [2.05, 4.69) is 44.5 Å². The van der Waals surface area contributed by atoms with Gasteiger partial charge in [0.25, 0.3) is 0 Å². The van der Waals surface area contributed by atoms with Gasteiger partial charge in [0, 0.05) is 31.2 Å². The average molecular weight is 196 g/mol. The number of rotatable bonds is 3. The molecule has 0 saturated carbocycles. The van der Waals surface area contributed by atoms with E-state index >= 15 is 0 Å². The molecular weight excluding hydrogens is 172 g/mol. The highest BCUT2D eigenvalue weighted by Crippen LogP contribution is 2.16. The standard InChI is InChI=1S/C12H24N2/c1-6-10(2)8-14-9-12(4,5)13-7-11(14)3/h11,13H,2,6-9H2,1,3-5H3. The molecule has 0 radical (unpaired) electrons. The van der Waals surface area contributed by atoms with Crippen LogP contribution in [0.15, 0.2) is 12.2 Å². The van der Waals surface area contributed by atoms with E-state index in [4.69, 9.17) is 0 Å². The summed E-state index contributed by atoms with van der Waals surface area (Å²) in [6.07, 6.45) is 1.09. The molecular formula is C12H24N2. The summed E-state index contributed by atoms with van der Waals surface area (Å²) in [5, 5.41) is 3.56. The molecule has 1 fully saturated rings. The third-order valence-electron chi connectivity index (χ3n) is 3.02. The highest BCUT2D eigenvalue weighted by atomic mass is 15.2. The van der Waals surface area contributed by atoms with Gasteiger partial charge in [0.2, 0.25) is 0 Å². The van der Waals surface area contributed by atoms with E-state index in [0.717, 1.165) is 26.1 Å². The molecule has 0 aliphatic carbocycles. The second kappa shape index (κ2) is 4.45. The van der Waals surface area contributed by atoms with Crippen molar-refractivity contribution in [3.8, 4) is 0 Å². The monoisotopic (exact) mass is 196 g/mol. The zero-order valence-corrected chi connectivity index (χ0v) is 10.1. The Morgan fingerprint density at radius 2 is 2.21 bits per heavy atom. The van der Waals surface area contributed by atoms with Gasteiger partial charge in [-0.3, -0.25) is 4.90 Å². The first kappa shape index (κ1) is 11.7. The van der Waals surface area contributed by atoms with Crippen molar-refractivity contribution in [3.63, 3.8) is 0 Å². The van der Waals surface area contributed by atoms with Crippen LogP contribution >= 0.6 is 0 Å². The molecule has 0 bridgehead atoms. The van der Waals surface area contributed by atoms with Crippen molar-refractivity contribution in [2.75, 3.05) is 19.6 Å². The van der Waals surface area contributed by atoms with Crippen molar-refractivity contribution in [1.82, 2.24) is 10.2 Å². The summed E-state index contributed by atoms with van der Waals surface area (Å²) in [4.78, 5) is 2.53. The van der Waals surface area contributed by atoms with Crippen LogP contribution in [-0.2, 0) is 0 Å². The zero-order valence-electron chi connectivity index (χ0n) is 10.1. The third kappa shape index (κ3) is 3.10. The molecule has 2 nitrogen and oxygen atoms in total. The molecule has 1 rings (SSSR count). The van der Waals surface area contributed by atoms with Crippen molar-refractivity contribution in [3.05, 3.63) is 12.2 Å². The van der Waals surface area contributed by atoms with Gasteiger partial charge in [-0.2, -0.15) is 0 Å². The molecule has 1 atom stereocenters. The van der Waals surface area contributed by atoms with Crippen LogP contribution in [0, 0.1) is 0 Å². The summed E-state index contributed by atoms with van der Waals surface area (Å²) >= 11 is 0. The number of nitrogens with one attached hydrogen (secondary N) is 1. The lowest BCUT2D eigenvalue weighted by Gasteiger charge is -2.43. The van der Waals surface area contributed by atoms with Crippen LogP contribution < -0.4 is 5.32 Å². The van der Waals surface area contributed by atoms with Crippen molar-refractivity contribution in [2.24, 2.45) is 0 Å². The van der Waals surface area contributed by atoms with Crippen molar-refractivity contribution in [1.29, 1.82) is 0 Å². The van der Waals surface area contributed by atoms with Crippen LogP contribution in [0.3, 0.4) is 0 Å². The van der Waals surface area contributed by atoms with Crippen molar-refractivity contribution in [2.45, 2.75) is 45.7 Å². The second-order valence-corrected chi connectivity index (χ2v) is 5.12. The fraction of sp³-hybridized carbons (Fsp3) is 0.833. The normalized spacial score (nSPS) is 27.6. The molecule has 82 valence electrons. The topological polar surface area (TPSA) is 15.3 Å². The van der Waals surface area contributed by atoms with E-state index < -0.39 is 0 Å². The number of piperazine rings is 1. The van der Waals surface area contributed by atoms with Gasteiger partial charge in [0.05, 0.1) is 0 Å². The largest absolute Gasteiger partial charge is 0.309 e. The molecule has 0 aromatic heterocycles. The van der Waals surface area contributed by atoms with Gasteiger partial charge in [-0.15, -0.1) is 0 Å². The first-order valence-electron chi connectivity index (χ1n) is 5.60. The van der Waals surface area contributed by atoms with Crippen molar-refractivity contribution >= 4 is 0 Å². The van der Waals surface area contributed by atoms with Gasteiger partial charge in [-0.25, -0.2) is 0 Å². The lowest BCUT2D eigenvalue weighted by Crippen LogP contribution is -2.60. The fourth-order valence-corrected chi connectivity index (χ4v) is 1.88. The molecule has 1 aliphatic heterocycles. The van der Waals surface area contributed by atoms with Crippen LogP contribution in [0.1, 0.15) is 34.1 Å². The Morgan fingerprint density at radius 1 is 1.57 bits per heavy atom. The smallest absolute Gasteiger partial charge is 0.0253 e. The molecule has 2 heteroatoms. The van der Waals surface area contributed by atoms with E-state index in [-0.39, 0.29) is 5.54 Å². The first-order chi connectivity index (χ1) is 6.44. The lowest BCUT2D eigenvalue weighted by molar-refractivity contribution is 0.114. The predicted molar refractivity (Wildman–Crippen MR) is 62.5 cm³/mol. The molecule has 0 spiro atoms. The Labute approximate surface area is 88.4 Å². The van der Waals surface area contributed by atoms with Gasteiger partial charge in [0.15, 0.2) is 0 Å². The minimum Gasteiger partial charge on any atom is -0.309 e. The summed E-state index contributed by atoms with van der Waals surface area (Å²) in [6.45, 7) is 16.3. The minimum atomic E-state index is 0.251. The van der Waals surface area contributed by atoms with E-state index in [1.165, 1.54) is 5.57 Å². The maximum absolute atomic E-state index is 4.09. The van der Waals surface area contributed by atoms with E-state index in [1.807, 2.05) is 0 Å². The van der Waals surface area contributed by atoms with Gasteiger partial charge >= 0.3 is 0 Å². The summed E-state index contributed by atoms with van der Waals surface area (Å²) in [6, 6.07) is 0.631. The third-order valence-corrected chi connectivity index (χ3v) is 3.02. The highest BCUT2D eigenvalue weighted by Gasteiger charge is 2.29. The zero-order chi connectivity index (χ0) is 10.8. The maximum Gasteiger partial charge on any atom is 0.0253 e. The summed E-state index contributed by atoms with van der Waals surface area (Å²) < 4.78 is 0. The molecule has 0 amide bonds. The number of hydrogen-bond acceptors (Lipinski definition) is 2. The van der Waals surface area contributed by atoms with Crippen molar-refractivity contribution < 1.29 is 0 Å². The summed E-state index contributed by atoms with van der Waals surface area (Å²) in [5.74, 6) is 0. The maximum atomic E-state index is 4.09. The van der Waals surface area contributed by atoms with Gasteiger partial charge in [-0.1, -0.05) is 19.1 Å². The minimum absolute atomic E-state index is 0.251. The Morgan fingerprint density at radius 3 is 2.79 bits per heavy atom. The SMILES string of the molecule is C=C(CC)CN1CC(C)(C)NCC1C. The second-order valence-electron chi connectivity index (χ2n) is 5.12. The molecule has 0 aromatic carbocycles. The molecule has 0 aromatic rings. The highest BCUT2D eigenvalue weighted by molar-refractivity contribution is 5.00. The lowest BCUT2D eigenvalue weighted by atomic mass is 9.98. The summed E-state index contributed by atoms with van der Waals surface area (Å²) in [7, 11) is 0. The van der Waals surface area contributed by atoms with Gasteiger partial charge < -0.3 is 5.32 Å². The Bertz CT molecular complexity index is 208. The van der Waals surface area contributed by atoms with E-state index in [9.17, 15) is 0 Å². The Kier molecular flexibility index (Phi) is 3.73. The van der Waals surface area contributed by atoms with Crippen LogP contribution in [0.4, 0.5) is 0 Å². The fourth-order valence-electron chi connectivity index (χ4n) is 1.88. The van der Waals surface area contributed by atoms with Crippen LogP contribution in [0.2, 0.25) is 0 Å². The number of nitrogens with zero attached hydrogens (tertiary/aromatic N) is 1. The predicted octanol–water partition coefficient (Wildman–Crippen LogP) is 2.02. The molecule has 1 heterocycles. The van der Waals surface area contributed by atoms with E-state index in [0.29, 0.717) is 6.04 Å². The molecule has 1 N–H and O–H groups in total. The van der Waals surface area contributed by atoms with Crippen LogP contribution in [0.5, 0.6) is 0 Å². The Balaban J connectivity index is 2.53. The average Bonchev–Trinajstić information content (AvgIpc) is 2.11. The summed E-state index contributed by atoms with van der Waals surface area (Å²) in [5.41, 5.74) is 1.59. The van der Waals surface area contributed by atoms with Gasteiger partial charge in [-0.05, 0) is 27.2 Å². The Hall–Kier alpha value is -0.340. The van der Waals surface area contributed by atoms with Crippen LogP contribution in [-0.4, -0.2) is 36.1 Å². The van der Waals surface area contributed by atoms with Gasteiger partial charge in [0.1, 0.15) is 0 Å². The van der Waals surface area contributed by atoms with E-state index in [1.54, 1.807) is 0 Å². The molecule has 14 heavy (non-hydrogen) atoms. The molecule has 1 saturated heterocycles.